The van der Waals surface area contributed by atoms with Crippen LogP contribution >= 0.6 is 0 Å². The summed E-state index contributed by atoms with van der Waals surface area (Å²) in [5, 5.41) is 9.31. The molecule has 7 heteroatoms. The van der Waals surface area contributed by atoms with Crippen LogP contribution in [0, 0.1) is 0 Å². The lowest BCUT2D eigenvalue weighted by molar-refractivity contribution is -0.129. The Labute approximate surface area is 152 Å². The van der Waals surface area contributed by atoms with Crippen molar-refractivity contribution in [1.29, 1.82) is 0 Å². The summed E-state index contributed by atoms with van der Waals surface area (Å²) >= 11 is 0. The SMILES string of the molecule is CCNC(=NCC(=O)NC(C)(C)C)NCCC(CC)N1CCCC1=O. The van der Waals surface area contributed by atoms with E-state index in [2.05, 4.69) is 27.9 Å². The van der Waals surface area contributed by atoms with E-state index in [9.17, 15) is 9.59 Å². The van der Waals surface area contributed by atoms with E-state index in [0.29, 0.717) is 12.4 Å². The monoisotopic (exact) mass is 353 g/mol. The summed E-state index contributed by atoms with van der Waals surface area (Å²) in [6.45, 7) is 12.4. The number of hydrogen-bond acceptors (Lipinski definition) is 3. The molecule has 144 valence electrons. The summed E-state index contributed by atoms with van der Waals surface area (Å²) in [7, 11) is 0. The van der Waals surface area contributed by atoms with Crippen molar-refractivity contribution in [3.05, 3.63) is 0 Å². The van der Waals surface area contributed by atoms with Gasteiger partial charge < -0.3 is 20.9 Å². The van der Waals surface area contributed by atoms with Gasteiger partial charge in [-0.15, -0.1) is 0 Å². The summed E-state index contributed by atoms with van der Waals surface area (Å²) in [5.74, 6) is 0.805. The molecule has 1 fully saturated rings. The predicted octanol–water partition coefficient (Wildman–Crippen LogP) is 1.25. The maximum absolute atomic E-state index is 11.9. The molecule has 0 aromatic carbocycles. The molecule has 3 N–H and O–H groups in total. The molecule has 0 aromatic rings. The van der Waals surface area contributed by atoms with Crippen molar-refractivity contribution in [3.8, 4) is 0 Å². The van der Waals surface area contributed by atoms with Gasteiger partial charge in [0.25, 0.3) is 0 Å². The Morgan fingerprint density at radius 3 is 2.52 bits per heavy atom. The number of likely N-dealkylation sites (tertiary alicyclic amines) is 1. The number of amides is 2. The third kappa shape index (κ3) is 8.23. The van der Waals surface area contributed by atoms with E-state index in [-0.39, 0.29) is 29.9 Å². The normalized spacial score (nSPS) is 16.8. The van der Waals surface area contributed by atoms with E-state index < -0.39 is 0 Å². The lowest BCUT2D eigenvalue weighted by Crippen LogP contribution is -2.44. The summed E-state index contributed by atoms with van der Waals surface area (Å²) in [4.78, 5) is 30.1. The average molecular weight is 354 g/mol. The molecule has 0 radical (unpaired) electrons. The molecule has 1 aliphatic heterocycles. The number of nitrogens with zero attached hydrogens (tertiary/aromatic N) is 2. The maximum atomic E-state index is 11.9. The van der Waals surface area contributed by atoms with Gasteiger partial charge in [0.05, 0.1) is 0 Å². The van der Waals surface area contributed by atoms with Crippen LogP contribution < -0.4 is 16.0 Å². The topological polar surface area (TPSA) is 85.8 Å². The lowest BCUT2D eigenvalue weighted by atomic mass is 10.1. The third-order valence-corrected chi connectivity index (χ3v) is 4.03. The van der Waals surface area contributed by atoms with Gasteiger partial charge in [-0.25, -0.2) is 4.99 Å². The number of carbonyl (C=O) groups is 2. The highest BCUT2D eigenvalue weighted by Gasteiger charge is 2.26. The summed E-state index contributed by atoms with van der Waals surface area (Å²) in [6.07, 6.45) is 3.47. The summed E-state index contributed by atoms with van der Waals surface area (Å²) < 4.78 is 0. The van der Waals surface area contributed by atoms with Crippen molar-refractivity contribution in [2.75, 3.05) is 26.2 Å². The minimum Gasteiger partial charge on any atom is -0.357 e. The van der Waals surface area contributed by atoms with E-state index in [1.54, 1.807) is 0 Å². The molecule has 1 rings (SSSR count). The highest BCUT2D eigenvalue weighted by atomic mass is 16.2. The number of carbonyl (C=O) groups excluding carboxylic acids is 2. The zero-order valence-corrected chi connectivity index (χ0v) is 16.4. The Bertz CT molecular complexity index is 471. The van der Waals surface area contributed by atoms with Crippen LogP contribution in [-0.2, 0) is 9.59 Å². The molecule has 0 saturated carbocycles. The Morgan fingerprint density at radius 1 is 1.28 bits per heavy atom. The average Bonchev–Trinajstić information content (AvgIpc) is 2.93. The Morgan fingerprint density at radius 2 is 2.00 bits per heavy atom. The van der Waals surface area contributed by atoms with Crippen LogP contribution in [0.2, 0.25) is 0 Å². The van der Waals surface area contributed by atoms with E-state index in [0.717, 1.165) is 38.9 Å². The third-order valence-electron chi connectivity index (χ3n) is 4.03. The van der Waals surface area contributed by atoms with Crippen LogP contribution in [0.15, 0.2) is 4.99 Å². The highest BCUT2D eigenvalue weighted by Crippen LogP contribution is 2.17. The predicted molar refractivity (Wildman–Crippen MR) is 102 cm³/mol. The molecule has 0 aliphatic carbocycles. The number of guanidine groups is 1. The fourth-order valence-electron chi connectivity index (χ4n) is 2.94. The second kappa shape index (κ2) is 10.3. The smallest absolute Gasteiger partial charge is 0.242 e. The van der Waals surface area contributed by atoms with Crippen molar-refractivity contribution in [3.63, 3.8) is 0 Å². The Kier molecular flexibility index (Phi) is 8.72. The van der Waals surface area contributed by atoms with Crippen LogP contribution in [0.25, 0.3) is 0 Å². The fourth-order valence-corrected chi connectivity index (χ4v) is 2.94. The van der Waals surface area contributed by atoms with E-state index >= 15 is 0 Å². The van der Waals surface area contributed by atoms with Crippen molar-refractivity contribution in [1.82, 2.24) is 20.9 Å². The van der Waals surface area contributed by atoms with E-state index in [1.165, 1.54) is 0 Å². The first-order chi connectivity index (χ1) is 11.8. The number of rotatable bonds is 8. The zero-order valence-electron chi connectivity index (χ0n) is 16.4. The van der Waals surface area contributed by atoms with Gasteiger partial charge in [0.15, 0.2) is 5.96 Å². The van der Waals surface area contributed by atoms with Crippen molar-refractivity contribution in [2.24, 2.45) is 4.99 Å². The van der Waals surface area contributed by atoms with Gasteiger partial charge in [-0.3, -0.25) is 9.59 Å². The largest absolute Gasteiger partial charge is 0.357 e. The van der Waals surface area contributed by atoms with Crippen molar-refractivity contribution >= 4 is 17.8 Å². The quantitative estimate of drug-likeness (QED) is 0.453. The molecule has 1 unspecified atom stereocenters. The first kappa shape index (κ1) is 21.3. The highest BCUT2D eigenvalue weighted by molar-refractivity contribution is 5.85. The second-order valence-corrected chi connectivity index (χ2v) is 7.46. The Balaban J connectivity index is 2.47. The van der Waals surface area contributed by atoms with Gasteiger partial charge >= 0.3 is 0 Å². The fraction of sp³-hybridized carbons (Fsp3) is 0.833. The second-order valence-electron chi connectivity index (χ2n) is 7.46. The standard InChI is InChI=1S/C18H35N5O2/c1-6-14(23-12-8-9-16(23)25)10-11-20-17(19-7-2)21-13-15(24)22-18(3,4)5/h14H,6-13H2,1-5H3,(H,22,24)(H2,19,20,21). The van der Waals surface area contributed by atoms with Gasteiger partial charge in [-0.1, -0.05) is 6.92 Å². The van der Waals surface area contributed by atoms with Gasteiger partial charge in [-0.2, -0.15) is 0 Å². The maximum Gasteiger partial charge on any atom is 0.242 e. The van der Waals surface area contributed by atoms with Crippen molar-refractivity contribution in [2.45, 2.75) is 71.9 Å². The van der Waals surface area contributed by atoms with Gasteiger partial charge in [0.2, 0.25) is 11.8 Å². The number of nitrogens with one attached hydrogen (secondary N) is 3. The van der Waals surface area contributed by atoms with E-state index in [4.69, 9.17) is 0 Å². The van der Waals surface area contributed by atoms with Gasteiger partial charge in [0, 0.05) is 37.6 Å². The molecule has 0 spiro atoms. The minimum atomic E-state index is -0.255. The van der Waals surface area contributed by atoms with Crippen LogP contribution in [0.4, 0.5) is 0 Å². The van der Waals surface area contributed by atoms with E-state index in [1.807, 2.05) is 32.6 Å². The number of hydrogen-bond donors (Lipinski definition) is 3. The molecule has 25 heavy (non-hydrogen) atoms. The summed E-state index contributed by atoms with van der Waals surface area (Å²) in [5.41, 5.74) is -0.255. The summed E-state index contributed by atoms with van der Waals surface area (Å²) in [6, 6.07) is 0.273. The lowest BCUT2D eigenvalue weighted by Gasteiger charge is -2.27. The van der Waals surface area contributed by atoms with Crippen LogP contribution in [0.5, 0.6) is 0 Å². The van der Waals surface area contributed by atoms with Crippen LogP contribution in [0.1, 0.15) is 60.3 Å². The molecular weight excluding hydrogens is 318 g/mol. The zero-order chi connectivity index (χ0) is 18.9. The molecule has 1 saturated heterocycles. The van der Waals surface area contributed by atoms with Crippen molar-refractivity contribution < 1.29 is 9.59 Å². The number of aliphatic imine (C=N–C) groups is 1. The molecule has 0 bridgehead atoms. The first-order valence-corrected chi connectivity index (χ1v) is 9.39. The molecule has 1 heterocycles. The first-order valence-electron chi connectivity index (χ1n) is 9.39. The molecular formula is C18H35N5O2. The molecule has 7 nitrogen and oxygen atoms in total. The minimum absolute atomic E-state index is 0.0917. The Hall–Kier alpha value is -1.79. The van der Waals surface area contributed by atoms with Gasteiger partial charge in [-0.05, 0) is 47.0 Å². The van der Waals surface area contributed by atoms with Crippen LogP contribution in [0.3, 0.4) is 0 Å². The molecule has 2 amide bonds. The van der Waals surface area contributed by atoms with Gasteiger partial charge in [0.1, 0.15) is 6.54 Å². The van der Waals surface area contributed by atoms with Crippen LogP contribution in [-0.4, -0.2) is 60.4 Å². The molecule has 0 aromatic heterocycles. The molecule has 1 aliphatic rings. The molecule has 1 atom stereocenters.